The van der Waals surface area contributed by atoms with E-state index in [1.165, 1.54) is 11.3 Å². The maximum Gasteiger partial charge on any atom is 0.194 e. The summed E-state index contributed by atoms with van der Waals surface area (Å²) in [6, 6.07) is 6.02. The van der Waals surface area contributed by atoms with Crippen LogP contribution in [0.2, 0.25) is 5.02 Å². The Kier molecular flexibility index (Phi) is 8.69. The van der Waals surface area contributed by atoms with Crippen LogP contribution in [0.3, 0.4) is 0 Å². The molecule has 0 aromatic heterocycles. The number of aryl methyl sites for hydroxylation is 1. The Hall–Kier alpha value is -0.740. The molecule has 0 radical (unpaired) electrons. The predicted molar refractivity (Wildman–Crippen MR) is 128 cm³/mol. The number of nitrogens with one attached hydrogen (secondary N) is 1. The molecule has 2 aliphatic heterocycles. The molecule has 1 aromatic carbocycles. The Morgan fingerprint density at radius 1 is 1.29 bits per heavy atom. The minimum atomic E-state index is -2.85. The first-order chi connectivity index (χ1) is 12.9. The van der Waals surface area contributed by atoms with Crippen LogP contribution in [0.1, 0.15) is 18.9 Å². The number of guanidine groups is 1. The van der Waals surface area contributed by atoms with Crippen LogP contribution in [0.25, 0.3) is 0 Å². The molecule has 28 heavy (non-hydrogen) atoms. The molecule has 0 saturated carbocycles. The van der Waals surface area contributed by atoms with E-state index in [0.29, 0.717) is 12.3 Å². The second-order valence-electron chi connectivity index (χ2n) is 7.37. The lowest BCUT2D eigenvalue weighted by Crippen LogP contribution is -2.52. The van der Waals surface area contributed by atoms with Gasteiger partial charge in [-0.1, -0.05) is 17.7 Å². The van der Waals surface area contributed by atoms with Crippen LogP contribution in [0, 0.1) is 12.8 Å². The fraction of sp³-hybridized carbons (Fsp3) is 0.632. The molecule has 6 nitrogen and oxygen atoms in total. The molecule has 9 heteroatoms. The van der Waals surface area contributed by atoms with Crippen molar-refractivity contribution in [3.63, 3.8) is 0 Å². The highest BCUT2D eigenvalue weighted by atomic mass is 127. The third-order valence-corrected chi connectivity index (χ3v) is 7.32. The minimum absolute atomic E-state index is 0. The zero-order valence-electron chi connectivity index (χ0n) is 16.5. The second-order valence-corrected chi connectivity index (χ2v) is 10.0. The van der Waals surface area contributed by atoms with Gasteiger partial charge in [0, 0.05) is 50.0 Å². The maximum atomic E-state index is 11.6. The van der Waals surface area contributed by atoms with Gasteiger partial charge in [-0.15, -0.1) is 24.0 Å². The van der Waals surface area contributed by atoms with Crippen molar-refractivity contribution in [3.8, 4) is 0 Å². The summed E-state index contributed by atoms with van der Waals surface area (Å²) >= 11 is 6.17. The van der Waals surface area contributed by atoms with E-state index < -0.39 is 9.84 Å². The summed E-state index contributed by atoms with van der Waals surface area (Å²) in [7, 11) is -2.85. The SMILES string of the molecule is CCNC(=NCC1CCS(=O)(=O)C1)N1CCN(c2cc(Cl)ccc2C)CC1.I. The Morgan fingerprint density at radius 3 is 2.61 bits per heavy atom. The number of piperazine rings is 1. The molecule has 1 atom stereocenters. The van der Waals surface area contributed by atoms with Crippen molar-refractivity contribution in [1.82, 2.24) is 10.2 Å². The molecule has 0 aliphatic carbocycles. The summed E-state index contributed by atoms with van der Waals surface area (Å²) in [6.45, 7) is 9.11. The van der Waals surface area contributed by atoms with Crippen molar-refractivity contribution in [3.05, 3.63) is 28.8 Å². The lowest BCUT2D eigenvalue weighted by molar-refractivity contribution is 0.371. The van der Waals surface area contributed by atoms with E-state index in [1.54, 1.807) is 0 Å². The monoisotopic (exact) mass is 540 g/mol. The molecule has 1 aromatic rings. The molecular weight excluding hydrogens is 511 g/mol. The standard InChI is InChI=1S/C19H29ClN4O2S.HI/c1-3-21-19(22-13-16-6-11-27(25,26)14-16)24-9-7-23(8-10-24)18-12-17(20)5-4-15(18)2;/h4-5,12,16H,3,6-11,13-14H2,1-2H3,(H,21,22);1H. The second kappa shape index (κ2) is 10.3. The van der Waals surface area contributed by atoms with Gasteiger partial charge in [-0.2, -0.15) is 0 Å². The molecule has 0 spiro atoms. The Labute approximate surface area is 190 Å². The third-order valence-electron chi connectivity index (χ3n) is 5.25. The fourth-order valence-electron chi connectivity index (χ4n) is 3.74. The van der Waals surface area contributed by atoms with E-state index in [2.05, 4.69) is 35.0 Å². The first-order valence-corrected chi connectivity index (χ1v) is 11.8. The van der Waals surface area contributed by atoms with Crippen LogP contribution >= 0.6 is 35.6 Å². The van der Waals surface area contributed by atoms with Crippen LogP contribution in [-0.4, -0.2) is 70.1 Å². The number of hydrogen-bond donors (Lipinski definition) is 1. The number of hydrogen-bond acceptors (Lipinski definition) is 4. The lowest BCUT2D eigenvalue weighted by Gasteiger charge is -2.38. The van der Waals surface area contributed by atoms with Crippen molar-refractivity contribution in [2.75, 3.05) is 55.7 Å². The lowest BCUT2D eigenvalue weighted by atomic mass is 10.1. The molecule has 2 fully saturated rings. The van der Waals surface area contributed by atoms with Gasteiger partial charge in [-0.05, 0) is 43.9 Å². The number of nitrogens with zero attached hydrogens (tertiary/aromatic N) is 3. The minimum Gasteiger partial charge on any atom is -0.368 e. The van der Waals surface area contributed by atoms with Crippen molar-refractivity contribution in [1.29, 1.82) is 0 Å². The van der Waals surface area contributed by atoms with Crippen molar-refractivity contribution >= 4 is 57.1 Å². The number of rotatable bonds is 4. The summed E-state index contributed by atoms with van der Waals surface area (Å²) in [5, 5.41) is 4.12. The number of sulfone groups is 1. The molecule has 2 aliphatic rings. The van der Waals surface area contributed by atoms with Gasteiger partial charge in [0.2, 0.25) is 0 Å². The van der Waals surface area contributed by atoms with E-state index in [1.807, 2.05) is 12.1 Å². The van der Waals surface area contributed by atoms with Gasteiger partial charge in [-0.25, -0.2) is 8.42 Å². The van der Waals surface area contributed by atoms with Crippen LogP contribution in [0.4, 0.5) is 5.69 Å². The Balaban J connectivity index is 0.00000280. The molecule has 3 rings (SSSR count). The summed E-state index contributed by atoms with van der Waals surface area (Å²) in [6.07, 6.45) is 0.729. The van der Waals surface area contributed by atoms with Crippen molar-refractivity contribution in [2.24, 2.45) is 10.9 Å². The van der Waals surface area contributed by atoms with Crippen molar-refractivity contribution in [2.45, 2.75) is 20.3 Å². The van der Waals surface area contributed by atoms with Gasteiger partial charge in [-0.3, -0.25) is 4.99 Å². The Bertz CT molecular complexity index is 795. The van der Waals surface area contributed by atoms with E-state index in [9.17, 15) is 8.42 Å². The van der Waals surface area contributed by atoms with Gasteiger partial charge >= 0.3 is 0 Å². The van der Waals surface area contributed by atoms with Crippen LogP contribution < -0.4 is 10.2 Å². The average Bonchev–Trinajstić information content (AvgIpc) is 3.00. The van der Waals surface area contributed by atoms with Gasteiger partial charge in [0.1, 0.15) is 0 Å². The molecule has 0 bridgehead atoms. The number of aliphatic imine (C=N–C) groups is 1. The first-order valence-electron chi connectivity index (χ1n) is 9.63. The largest absolute Gasteiger partial charge is 0.368 e. The summed E-state index contributed by atoms with van der Waals surface area (Å²) < 4.78 is 23.3. The molecular formula is C19H30ClIN4O2S. The number of benzene rings is 1. The molecule has 2 saturated heterocycles. The van der Waals surface area contributed by atoms with Crippen LogP contribution in [0.5, 0.6) is 0 Å². The normalized spacial score (nSPS) is 22.1. The topological polar surface area (TPSA) is 65.0 Å². The first kappa shape index (κ1) is 23.5. The smallest absolute Gasteiger partial charge is 0.194 e. The summed E-state index contributed by atoms with van der Waals surface area (Å²) in [5.74, 6) is 1.63. The van der Waals surface area contributed by atoms with E-state index in [-0.39, 0.29) is 35.6 Å². The fourth-order valence-corrected chi connectivity index (χ4v) is 5.76. The van der Waals surface area contributed by atoms with Crippen molar-refractivity contribution < 1.29 is 8.42 Å². The maximum absolute atomic E-state index is 11.6. The highest BCUT2D eigenvalue weighted by molar-refractivity contribution is 14.0. The molecule has 1 N–H and O–H groups in total. The predicted octanol–water partition coefficient (Wildman–Crippen LogP) is 2.79. The number of halogens is 2. The highest BCUT2D eigenvalue weighted by Crippen LogP contribution is 2.25. The van der Waals surface area contributed by atoms with Gasteiger partial charge in [0.25, 0.3) is 0 Å². The average molecular weight is 541 g/mol. The van der Waals surface area contributed by atoms with E-state index in [4.69, 9.17) is 16.6 Å². The van der Waals surface area contributed by atoms with Gasteiger partial charge in [0.15, 0.2) is 15.8 Å². The summed E-state index contributed by atoms with van der Waals surface area (Å²) in [4.78, 5) is 9.37. The molecule has 158 valence electrons. The zero-order valence-corrected chi connectivity index (χ0v) is 20.4. The quantitative estimate of drug-likeness (QED) is 0.362. The molecule has 0 amide bonds. The van der Waals surface area contributed by atoms with Crippen LogP contribution in [0.15, 0.2) is 23.2 Å². The van der Waals surface area contributed by atoms with E-state index >= 15 is 0 Å². The zero-order chi connectivity index (χ0) is 19.4. The highest BCUT2D eigenvalue weighted by Gasteiger charge is 2.28. The van der Waals surface area contributed by atoms with Gasteiger partial charge < -0.3 is 15.1 Å². The van der Waals surface area contributed by atoms with E-state index in [0.717, 1.165) is 50.1 Å². The molecule has 1 unspecified atom stereocenters. The third kappa shape index (κ3) is 6.13. The van der Waals surface area contributed by atoms with Crippen LogP contribution in [-0.2, 0) is 9.84 Å². The molecule has 2 heterocycles. The summed E-state index contributed by atoms with van der Waals surface area (Å²) in [5.41, 5.74) is 2.43. The number of anilines is 1. The Morgan fingerprint density at radius 2 is 2.00 bits per heavy atom. The van der Waals surface area contributed by atoms with Gasteiger partial charge in [0.05, 0.1) is 11.5 Å².